The fourth-order valence-corrected chi connectivity index (χ4v) is 4.05. The second-order valence-corrected chi connectivity index (χ2v) is 7.36. The van der Waals surface area contributed by atoms with E-state index in [0.717, 1.165) is 38.4 Å². The van der Waals surface area contributed by atoms with Crippen molar-refractivity contribution >= 4 is 33.0 Å². The lowest BCUT2D eigenvalue weighted by Gasteiger charge is -2.10. The molecule has 0 N–H and O–H groups in total. The zero-order chi connectivity index (χ0) is 25.0. The molecule has 4 heteroatoms. The van der Waals surface area contributed by atoms with Gasteiger partial charge in [0.15, 0.2) is 0 Å². The standard InChI is InChI=1S/C27H19N3O/c1-16-8-9-22-21-5-3-6-23(26(21)31-27(22)30-16)25-15-18(12-14-29-25)19-10-11-24-20(17(19)2)7-4-13-28-24/h3-15H,1-2H3/i1D3,2D2. The Labute approximate surface area is 186 Å². The zero-order valence-electron chi connectivity index (χ0n) is 21.3. The van der Waals surface area contributed by atoms with E-state index in [0.29, 0.717) is 16.8 Å². The Morgan fingerprint density at radius 2 is 1.77 bits per heavy atom. The number of fused-ring (bicyclic) bond motifs is 4. The first kappa shape index (κ1) is 13.3. The van der Waals surface area contributed by atoms with Crippen molar-refractivity contribution in [2.75, 3.05) is 0 Å². The number of rotatable bonds is 2. The highest BCUT2D eigenvalue weighted by Gasteiger charge is 2.15. The first-order valence-electron chi connectivity index (χ1n) is 12.5. The van der Waals surface area contributed by atoms with Crippen molar-refractivity contribution in [1.82, 2.24) is 15.0 Å². The van der Waals surface area contributed by atoms with Gasteiger partial charge in [-0.2, -0.15) is 0 Å². The van der Waals surface area contributed by atoms with Crippen molar-refractivity contribution in [2.45, 2.75) is 13.7 Å². The van der Waals surface area contributed by atoms with Gasteiger partial charge in [0.1, 0.15) is 5.58 Å². The molecule has 0 aliphatic heterocycles. The lowest BCUT2D eigenvalue weighted by molar-refractivity contribution is 0.653. The number of pyridine rings is 3. The third-order valence-electron chi connectivity index (χ3n) is 5.54. The summed E-state index contributed by atoms with van der Waals surface area (Å²) in [5, 5.41) is 2.32. The van der Waals surface area contributed by atoms with Gasteiger partial charge in [-0.3, -0.25) is 9.97 Å². The summed E-state index contributed by atoms with van der Waals surface area (Å²) in [5.74, 6) is 0. The average Bonchev–Trinajstić information content (AvgIpc) is 3.25. The minimum absolute atomic E-state index is 0.0191. The van der Waals surface area contributed by atoms with E-state index in [1.165, 1.54) is 6.07 Å². The van der Waals surface area contributed by atoms with E-state index in [1.807, 2.05) is 54.6 Å². The minimum Gasteiger partial charge on any atom is -0.437 e. The Bertz CT molecular complexity index is 1780. The van der Waals surface area contributed by atoms with Crippen molar-refractivity contribution in [2.24, 2.45) is 0 Å². The monoisotopic (exact) mass is 406 g/mol. The lowest BCUT2D eigenvalue weighted by Crippen LogP contribution is -1.90. The first-order chi connectivity index (χ1) is 17.3. The Morgan fingerprint density at radius 1 is 0.806 bits per heavy atom. The predicted octanol–water partition coefficient (Wildman–Crippen LogP) is 6.88. The van der Waals surface area contributed by atoms with Crippen LogP contribution in [0, 0.1) is 13.7 Å². The van der Waals surface area contributed by atoms with Crippen molar-refractivity contribution in [3.05, 3.63) is 90.4 Å². The topological polar surface area (TPSA) is 51.8 Å². The number of aryl methyl sites for hydroxylation is 2. The SMILES string of the molecule is [2H]C([2H])c1c(-c2ccnc(-c3cccc4c3oc3nc(C([2H])([2H])[2H])ccc34)c2)ccc2ncccc12. The van der Waals surface area contributed by atoms with Crippen molar-refractivity contribution < 1.29 is 11.3 Å². The van der Waals surface area contributed by atoms with E-state index in [2.05, 4.69) is 15.0 Å². The van der Waals surface area contributed by atoms with Gasteiger partial charge in [0.2, 0.25) is 5.71 Å². The molecule has 4 nitrogen and oxygen atoms in total. The third-order valence-corrected chi connectivity index (χ3v) is 5.54. The highest BCUT2D eigenvalue weighted by Crippen LogP contribution is 2.36. The van der Waals surface area contributed by atoms with Gasteiger partial charge in [0.25, 0.3) is 0 Å². The number of furan rings is 1. The molecule has 0 spiro atoms. The molecule has 0 aliphatic carbocycles. The maximum Gasteiger partial charge on any atom is 0.227 e. The third kappa shape index (κ3) is 2.80. The molecule has 6 aromatic rings. The van der Waals surface area contributed by atoms with Crippen LogP contribution < -0.4 is 0 Å². The van der Waals surface area contributed by atoms with Crippen LogP contribution in [-0.2, 0) is 0 Å². The van der Waals surface area contributed by atoms with Gasteiger partial charge in [0.05, 0.1) is 11.2 Å². The largest absolute Gasteiger partial charge is 0.437 e. The molecular weight excluding hydrogens is 382 g/mol. The molecule has 0 saturated carbocycles. The van der Waals surface area contributed by atoms with E-state index in [4.69, 9.17) is 11.3 Å². The molecule has 31 heavy (non-hydrogen) atoms. The van der Waals surface area contributed by atoms with Crippen LogP contribution in [0.5, 0.6) is 0 Å². The summed E-state index contributed by atoms with van der Waals surface area (Å²) in [4.78, 5) is 13.2. The Balaban J connectivity index is 1.53. The van der Waals surface area contributed by atoms with Gasteiger partial charge in [-0.15, -0.1) is 0 Å². The molecular formula is C27H19N3O. The van der Waals surface area contributed by atoms with Crippen LogP contribution in [-0.4, -0.2) is 15.0 Å². The van der Waals surface area contributed by atoms with E-state index < -0.39 is 13.7 Å². The molecule has 148 valence electrons. The number of hydrogen-bond donors (Lipinski definition) is 0. The Kier molecular flexibility index (Phi) is 2.89. The number of nitrogens with zero attached hydrogens (tertiary/aromatic N) is 3. The zero-order valence-corrected chi connectivity index (χ0v) is 16.3. The summed E-state index contributed by atoms with van der Waals surface area (Å²) in [6.07, 6.45) is 3.39. The number of para-hydroxylation sites is 1. The molecule has 0 amide bonds. The summed E-state index contributed by atoms with van der Waals surface area (Å²) in [6, 6.07) is 20.2. The summed E-state index contributed by atoms with van der Waals surface area (Å²) < 4.78 is 45.4. The van der Waals surface area contributed by atoms with Gasteiger partial charge in [0, 0.05) is 46.7 Å². The maximum absolute atomic E-state index is 8.20. The molecule has 0 bridgehead atoms. The first-order valence-corrected chi connectivity index (χ1v) is 9.83. The lowest BCUT2D eigenvalue weighted by atomic mass is 9.96. The molecule has 4 aromatic heterocycles. The van der Waals surface area contributed by atoms with Gasteiger partial charge in [-0.05, 0) is 72.9 Å². The highest BCUT2D eigenvalue weighted by atomic mass is 16.3. The molecule has 0 radical (unpaired) electrons. The second kappa shape index (κ2) is 6.74. The second-order valence-electron chi connectivity index (χ2n) is 7.36. The maximum atomic E-state index is 8.20. The predicted molar refractivity (Wildman–Crippen MR) is 125 cm³/mol. The quantitative estimate of drug-likeness (QED) is 0.315. The summed E-state index contributed by atoms with van der Waals surface area (Å²) >= 11 is 0. The van der Waals surface area contributed by atoms with Crippen LogP contribution in [0.3, 0.4) is 0 Å². The van der Waals surface area contributed by atoms with Crippen molar-refractivity contribution in [3.8, 4) is 22.4 Å². The summed E-state index contributed by atoms with van der Waals surface area (Å²) in [7, 11) is 0. The Hall–Kier alpha value is -4.05. The van der Waals surface area contributed by atoms with Crippen LogP contribution in [0.15, 0.2) is 83.5 Å². The van der Waals surface area contributed by atoms with E-state index in [9.17, 15) is 0 Å². The van der Waals surface area contributed by atoms with Crippen LogP contribution in [0.4, 0.5) is 0 Å². The van der Waals surface area contributed by atoms with E-state index >= 15 is 0 Å². The van der Waals surface area contributed by atoms with Crippen LogP contribution in [0.25, 0.3) is 55.4 Å². The molecule has 0 saturated heterocycles. The van der Waals surface area contributed by atoms with E-state index in [1.54, 1.807) is 18.5 Å². The number of aromatic nitrogens is 3. The molecule has 6 rings (SSSR count). The van der Waals surface area contributed by atoms with Crippen LogP contribution >= 0.6 is 0 Å². The minimum atomic E-state index is -2.33. The number of benzene rings is 2. The van der Waals surface area contributed by atoms with E-state index in [-0.39, 0.29) is 11.4 Å². The van der Waals surface area contributed by atoms with Gasteiger partial charge in [-0.1, -0.05) is 24.3 Å². The fraction of sp³-hybridized carbons (Fsp3) is 0.0741. The molecule has 0 fully saturated rings. The van der Waals surface area contributed by atoms with Crippen LogP contribution in [0.1, 0.15) is 18.1 Å². The van der Waals surface area contributed by atoms with Crippen molar-refractivity contribution in [3.63, 3.8) is 0 Å². The highest BCUT2D eigenvalue weighted by molar-refractivity contribution is 6.08. The normalized spacial score (nSPS) is 14.4. The molecule has 0 aliphatic rings. The average molecular weight is 406 g/mol. The molecule has 0 unspecified atom stereocenters. The fourth-order valence-electron chi connectivity index (χ4n) is 4.05. The van der Waals surface area contributed by atoms with Crippen LogP contribution in [0.2, 0.25) is 0 Å². The summed E-state index contributed by atoms with van der Waals surface area (Å²) in [5.41, 5.74) is 5.11. The van der Waals surface area contributed by atoms with Crippen molar-refractivity contribution in [1.29, 1.82) is 0 Å². The van der Waals surface area contributed by atoms with Gasteiger partial charge < -0.3 is 4.42 Å². The molecule has 2 aromatic carbocycles. The smallest absolute Gasteiger partial charge is 0.227 e. The Morgan fingerprint density at radius 3 is 2.71 bits per heavy atom. The molecule has 4 heterocycles. The molecule has 0 atom stereocenters. The number of hydrogen-bond acceptors (Lipinski definition) is 4. The van der Waals surface area contributed by atoms with Gasteiger partial charge >= 0.3 is 0 Å². The summed E-state index contributed by atoms with van der Waals surface area (Å²) in [6.45, 7) is -3.52. The van der Waals surface area contributed by atoms with Gasteiger partial charge in [-0.25, -0.2) is 4.98 Å².